The van der Waals surface area contributed by atoms with Crippen LogP contribution in [0.4, 0.5) is 21.6 Å². The summed E-state index contributed by atoms with van der Waals surface area (Å²) in [7, 11) is 1.60. The number of pyridine rings is 2. The summed E-state index contributed by atoms with van der Waals surface area (Å²) in [4.78, 5) is 50.0. The normalized spacial score (nSPS) is 19.1. The van der Waals surface area contributed by atoms with Gasteiger partial charge in [-0.05, 0) is 61.1 Å². The van der Waals surface area contributed by atoms with Gasteiger partial charge in [0.1, 0.15) is 28.6 Å². The maximum absolute atomic E-state index is 15.6. The van der Waals surface area contributed by atoms with Gasteiger partial charge in [0.15, 0.2) is 0 Å². The third-order valence-corrected chi connectivity index (χ3v) is 11.6. The predicted molar refractivity (Wildman–Crippen MR) is 198 cm³/mol. The highest BCUT2D eigenvalue weighted by Gasteiger charge is 2.32. The molecular formula is C38H40FN7O5S. The van der Waals surface area contributed by atoms with Crippen molar-refractivity contribution in [2.24, 2.45) is 13.0 Å². The molecule has 270 valence electrons. The van der Waals surface area contributed by atoms with Crippen molar-refractivity contribution >= 4 is 44.6 Å². The molecule has 52 heavy (non-hydrogen) atoms. The molecule has 1 aromatic carbocycles. The SMILES string of the molecule is CC(=O)OCc1c(-c2cc(Nc3ccc(N4CCN(C5COC5)C[C@@H]4C)cn3)c(=O)n(C)c2)cc(F)cc1-n1ncc2c3c(sc2c1=O)CC(C)C3. The average molecular weight is 726 g/mol. The van der Waals surface area contributed by atoms with E-state index in [1.54, 1.807) is 31.7 Å². The Morgan fingerprint density at radius 1 is 1.10 bits per heavy atom. The number of benzene rings is 1. The van der Waals surface area contributed by atoms with E-state index in [1.807, 2.05) is 12.1 Å². The number of carbonyl (C=O) groups excluding carboxylic acids is 1. The van der Waals surface area contributed by atoms with Crippen molar-refractivity contribution < 1.29 is 18.7 Å². The van der Waals surface area contributed by atoms with Crippen molar-refractivity contribution in [2.75, 3.05) is 43.1 Å². The number of halogens is 1. The number of aromatic nitrogens is 4. The summed E-state index contributed by atoms with van der Waals surface area (Å²) >= 11 is 1.46. The minimum absolute atomic E-state index is 0.154. The van der Waals surface area contributed by atoms with Gasteiger partial charge in [0.25, 0.3) is 11.1 Å². The van der Waals surface area contributed by atoms with Gasteiger partial charge in [-0.2, -0.15) is 9.78 Å². The van der Waals surface area contributed by atoms with Gasteiger partial charge in [-0.15, -0.1) is 11.3 Å². The van der Waals surface area contributed by atoms with Crippen molar-refractivity contribution in [1.29, 1.82) is 0 Å². The standard InChI is InChI=1S/C38H40FN7O5S/c1-21-9-29-30-15-41-46(38(49)36(30)52-34(29)10-21)33-13-25(39)12-28(31(33)20-51-23(3)47)24-11-32(37(48)43(4)17-24)42-35-6-5-26(14-40-35)45-8-7-44(16-22(45)2)27-18-50-19-27/h5-6,11-15,17,21-22,27H,7-10,16,18-20H2,1-4H3,(H,40,42)/t21?,22-/m0/s1. The second-order valence-corrected chi connectivity index (χ2v) is 15.3. The van der Waals surface area contributed by atoms with E-state index in [2.05, 4.69) is 39.0 Å². The molecule has 3 aliphatic rings. The van der Waals surface area contributed by atoms with Crippen LogP contribution in [0.3, 0.4) is 0 Å². The zero-order chi connectivity index (χ0) is 36.3. The van der Waals surface area contributed by atoms with E-state index in [0.717, 1.165) is 62.3 Å². The molecule has 2 aliphatic heterocycles. The van der Waals surface area contributed by atoms with Crippen LogP contribution in [0.25, 0.3) is 26.9 Å². The molecule has 5 aromatic rings. The number of nitrogens with zero attached hydrogens (tertiary/aromatic N) is 6. The average Bonchev–Trinajstić information content (AvgIpc) is 3.62. The molecule has 1 unspecified atom stereocenters. The molecule has 4 aromatic heterocycles. The summed E-state index contributed by atoms with van der Waals surface area (Å²) < 4.78 is 29.5. The van der Waals surface area contributed by atoms with E-state index >= 15 is 4.39 Å². The topological polar surface area (TPSA) is 124 Å². The van der Waals surface area contributed by atoms with Crippen LogP contribution >= 0.6 is 11.3 Å². The van der Waals surface area contributed by atoms with Gasteiger partial charge in [-0.1, -0.05) is 6.92 Å². The van der Waals surface area contributed by atoms with E-state index in [1.165, 1.54) is 44.5 Å². The molecule has 2 saturated heterocycles. The number of nitrogens with one attached hydrogen (secondary N) is 1. The van der Waals surface area contributed by atoms with Crippen molar-refractivity contribution in [1.82, 2.24) is 24.2 Å². The highest BCUT2D eigenvalue weighted by Crippen LogP contribution is 2.38. The number of piperazine rings is 1. The third kappa shape index (κ3) is 6.28. The Morgan fingerprint density at radius 3 is 2.63 bits per heavy atom. The number of ether oxygens (including phenoxy) is 2. The largest absolute Gasteiger partial charge is 0.461 e. The Bertz CT molecular complexity index is 2320. The molecule has 0 amide bonds. The van der Waals surface area contributed by atoms with Crippen LogP contribution in [-0.4, -0.2) is 75.1 Å². The molecular weight excluding hydrogens is 686 g/mol. The first-order chi connectivity index (χ1) is 25.0. The second-order valence-electron chi connectivity index (χ2n) is 14.2. The summed E-state index contributed by atoms with van der Waals surface area (Å²) in [5.74, 6) is -0.183. The number of carbonyl (C=O) groups is 1. The molecule has 2 fully saturated rings. The Balaban J connectivity index is 1.13. The quantitative estimate of drug-likeness (QED) is 0.223. The van der Waals surface area contributed by atoms with E-state index in [-0.39, 0.29) is 29.1 Å². The highest BCUT2D eigenvalue weighted by molar-refractivity contribution is 7.19. The van der Waals surface area contributed by atoms with Gasteiger partial charge in [0, 0.05) is 73.3 Å². The van der Waals surface area contributed by atoms with E-state index < -0.39 is 11.8 Å². The molecule has 0 spiro atoms. The van der Waals surface area contributed by atoms with Gasteiger partial charge in [-0.25, -0.2) is 9.37 Å². The lowest BCUT2D eigenvalue weighted by Gasteiger charge is -2.46. The molecule has 12 nitrogen and oxygen atoms in total. The number of anilines is 3. The molecule has 0 saturated carbocycles. The molecule has 1 aliphatic carbocycles. The van der Waals surface area contributed by atoms with E-state index in [0.29, 0.717) is 45.2 Å². The van der Waals surface area contributed by atoms with E-state index in [9.17, 15) is 14.4 Å². The number of aryl methyl sites for hydroxylation is 1. The molecule has 0 bridgehead atoms. The van der Waals surface area contributed by atoms with Gasteiger partial charge in [0.2, 0.25) is 0 Å². The van der Waals surface area contributed by atoms with Crippen LogP contribution in [0.15, 0.2) is 58.5 Å². The Morgan fingerprint density at radius 2 is 1.92 bits per heavy atom. The number of fused-ring (bicyclic) bond motifs is 3. The van der Waals surface area contributed by atoms with Crippen molar-refractivity contribution in [3.63, 3.8) is 0 Å². The zero-order valence-corrected chi connectivity index (χ0v) is 30.3. The fraction of sp³-hybridized carbons (Fsp3) is 0.395. The van der Waals surface area contributed by atoms with Crippen molar-refractivity contribution in [3.05, 3.63) is 91.5 Å². The van der Waals surface area contributed by atoms with Crippen LogP contribution in [0.1, 0.15) is 36.8 Å². The summed E-state index contributed by atoms with van der Waals surface area (Å²) in [5, 5.41) is 8.48. The van der Waals surface area contributed by atoms with Gasteiger partial charge in [0.05, 0.1) is 43.0 Å². The van der Waals surface area contributed by atoms with Gasteiger partial charge >= 0.3 is 5.97 Å². The highest BCUT2D eigenvalue weighted by atomic mass is 32.1. The molecule has 0 radical (unpaired) electrons. The molecule has 14 heteroatoms. The summed E-state index contributed by atoms with van der Waals surface area (Å²) in [6, 6.07) is 8.78. The second kappa shape index (κ2) is 13.6. The summed E-state index contributed by atoms with van der Waals surface area (Å²) in [5.41, 5.74) is 3.01. The lowest BCUT2D eigenvalue weighted by molar-refractivity contribution is -0.142. The van der Waals surface area contributed by atoms with E-state index in [4.69, 9.17) is 9.47 Å². The van der Waals surface area contributed by atoms with Gasteiger partial charge in [-0.3, -0.25) is 19.3 Å². The number of hydrogen-bond donors (Lipinski definition) is 1. The Kier molecular flexibility index (Phi) is 8.92. The first-order valence-corrected chi connectivity index (χ1v) is 18.4. The molecule has 1 N–H and O–H groups in total. The lowest BCUT2D eigenvalue weighted by atomic mass is 9.98. The summed E-state index contributed by atoms with van der Waals surface area (Å²) in [6.45, 7) is 9.81. The first-order valence-electron chi connectivity index (χ1n) is 17.6. The number of rotatable bonds is 8. The fourth-order valence-electron chi connectivity index (χ4n) is 7.63. The zero-order valence-electron chi connectivity index (χ0n) is 29.5. The molecule has 2 atom stereocenters. The molecule has 6 heterocycles. The maximum Gasteiger partial charge on any atom is 0.302 e. The summed E-state index contributed by atoms with van der Waals surface area (Å²) in [6.07, 6.45) is 6.85. The van der Waals surface area contributed by atoms with Crippen LogP contribution in [-0.2, 0) is 40.8 Å². The first kappa shape index (κ1) is 34.2. The van der Waals surface area contributed by atoms with Crippen LogP contribution in [0.5, 0.6) is 0 Å². The fourth-order valence-corrected chi connectivity index (χ4v) is 9.02. The number of esters is 1. The Labute approximate surface area is 303 Å². The molecule has 8 rings (SSSR count). The monoisotopic (exact) mass is 725 g/mol. The minimum Gasteiger partial charge on any atom is -0.461 e. The lowest BCUT2D eigenvalue weighted by Crippen LogP contribution is -2.59. The number of thiophene rings is 1. The van der Waals surface area contributed by atoms with Crippen molar-refractivity contribution in [2.45, 2.75) is 52.3 Å². The van der Waals surface area contributed by atoms with Crippen LogP contribution in [0, 0.1) is 11.7 Å². The van der Waals surface area contributed by atoms with Gasteiger partial charge < -0.3 is 24.3 Å². The van der Waals surface area contributed by atoms with Crippen LogP contribution < -0.4 is 21.3 Å². The Hall–Kier alpha value is -4.92. The maximum atomic E-state index is 15.6. The minimum atomic E-state index is -0.621. The smallest absolute Gasteiger partial charge is 0.302 e. The third-order valence-electron chi connectivity index (χ3n) is 10.4. The number of hydrogen-bond acceptors (Lipinski definition) is 11. The predicted octanol–water partition coefficient (Wildman–Crippen LogP) is 4.80. The van der Waals surface area contributed by atoms with Crippen molar-refractivity contribution in [3.8, 4) is 16.8 Å². The van der Waals surface area contributed by atoms with Crippen LogP contribution in [0.2, 0.25) is 0 Å².